The van der Waals surface area contributed by atoms with E-state index >= 15 is 0 Å². The molecular formula is C18H30NO5. The first kappa shape index (κ1) is 20.9. The summed E-state index contributed by atoms with van der Waals surface area (Å²) in [5.74, 6) is 6.05. The van der Waals surface area contributed by atoms with Crippen LogP contribution in [-0.4, -0.2) is 64.8 Å². The highest BCUT2D eigenvalue weighted by Crippen LogP contribution is 2.10. The van der Waals surface area contributed by atoms with Gasteiger partial charge < -0.3 is 24.3 Å². The Morgan fingerprint density at radius 3 is 2.58 bits per heavy atom. The Labute approximate surface area is 145 Å². The van der Waals surface area contributed by atoms with E-state index in [0.29, 0.717) is 46.2 Å². The van der Waals surface area contributed by atoms with Crippen molar-refractivity contribution in [3.8, 4) is 11.8 Å². The molecule has 0 saturated heterocycles. The van der Waals surface area contributed by atoms with E-state index in [0.717, 1.165) is 25.7 Å². The third-order valence-corrected chi connectivity index (χ3v) is 3.40. The molecule has 0 aromatic rings. The summed E-state index contributed by atoms with van der Waals surface area (Å²) >= 11 is 0. The lowest BCUT2D eigenvalue weighted by Gasteiger charge is -2.13. The molecule has 0 fully saturated rings. The van der Waals surface area contributed by atoms with E-state index in [9.17, 15) is 4.79 Å². The number of amides is 1. The van der Waals surface area contributed by atoms with Crippen LogP contribution in [0.5, 0.6) is 0 Å². The minimum absolute atomic E-state index is 0.0503. The van der Waals surface area contributed by atoms with Crippen LogP contribution in [0.3, 0.4) is 0 Å². The Balaban J connectivity index is 1.91. The van der Waals surface area contributed by atoms with Crippen molar-refractivity contribution in [2.45, 2.75) is 38.2 Å². The zero-order valence-electron chi connectivity index (χ0n) is 14.5. The van der Waals surface area contributed by atoms with Crippen LogP contribution in [0.1, 0.15) is 32.1 Å². The summed E-state index contributed by atoms with van der Waals surface area (Å²) < 4.78 is 21.2. The van der Waals surface area contributed by atoms with Crippen LogP contribution in [0.15, 0.2) is 0 Å². The molecule has 137 valence electrons. The normalized spacial score (nSPS) is 17.5. The molecular weight excluding hydrogens is 310 g/mol. The molecule has 1 aliphatic rings. The van der Waals surface area contributed by atoms with E-state index in [-0.39, 0.29) is 18.6 Å². The quantitative estimate of drug-likeness (QED) is 0.405. The molecule has 6 nitrogen and oxygen atoms in total. The minimum Gasteiger partial charge on any atom is -0.379 e. The molecule has 1 atom stereocenters. The smallest absolute Gasteiger partial charge is 0.246 e. The van der Waals surface area contributed by atoms with Crippen LogP contribution in [0.2, 0.25) is 0 Å². The maximum atomic E-state index is 11.7. The van der Waals surface area contributed by atoms with Gasteiger partial charge in [-0.15, -0.1) is 5.92 Å². The minimum atomic E-state index is -0.135. The lowest BCUT2D eigenvalue weighted by Crippen LogP contribution is -2.32. The van der Waals surface area contributed by atoms with Crippen molar-refractivity contribution in [1.82, 2.24) is 5.32 Å². The molecule has 0 spiro atoms. The van der Waals surface area contributed by atoms with E-state index in [1.165, 1.54) is 6.42 Å². The second kappa shape index (κ2) is 15.4. The Hall–Kier alpha value is -1.13. The number of carbonyl (C=O) groups is 1. The lowest BCUT2D eigenvalue weighted by atomic mass is 10.1. The lowest BCUT2D eigenvalue weighted by molar-refractivity contribution is -0.127. The van der Waals surface area contributed by atoms with Crippen LogP contribution in [-0.2, 0) is 23.7 Å². The van der Waals surface area contributed by atoms with Gasteiger partial charge in [0.1, 0.15) is 12.7 Å². The number of ether oxygens (including phenoxy) is 4. The van der Waals surface area contributed by atoms with Gasteiger partial charge in [-0.2, -0.15) is 0 Å². The zero-order chi connectivity index (χ0) is 17.3. The third-order valence-electron chi connectivity index (χ3n) is 3.40. The van der Waals surface area contributed by atoms with Gasteiger partial charge in [0.05, 0.1) is 33.0 Å². The Morgan fingerprint density at radius 2 is 1.79 bits per heavy atom. The molecule has 1 unspecified atom stereocenters. The van der Waals surface area contributed by atoms with Crippen LogP contribution in [0.25, 0.3) is 0 Å². The molecule has 1 radical (unpaired) electrons. The average molecular weight is 340 g/mol. The number of hydrogen-bond donors (Lipinski definition) is 1. The first-order chi connectivity index (χ1) is 11.8. The summed E-state index contributed by atoms with van der Waals surface area (Å²) in [6.07, 6.45) is 5.18. The van der Waals surface area contributed by atoms with Crippen LogP contribution in [0, 0.1) is 18.8 Å². The second-order valence-corrected chi connectivity index (χ2v) is 5.41. The third kappa shape index (κ3) is 12.3. The number of hydrogen-bond acceptors (Lipinski definition) is 5. The monoisotopic (exact) mass is 340 g/mol. The first-order valence-corrected chi connectivity index (χ1v) is 8.72. The van der Waals surface area contributed by atoms with Crippen molar-refractivity contribution < 1.29 is 23.7 Å². The highest BCUT2D eigenvalue weighted by molar-refractivity contribution is 5.77. The van der Waals surface area contributed by atoms with Crippen molar-refractivity contribution in [2.75, 3.05) is 52.8 Å². The van der Waals surface area contributed by atoms with Gasteiger partial charge in [-0.05, 0) is 26.2 Å². The van der Waals surface area contributed by atoms with Crippen LogP contribution in [0.4, 0.5) is 0 Å². The van der Waals surface area contributed by atoms with Crippen molar-refractivity contribution in [3.05, 3.63) is 6.92 Å². The fraction of sp³-hybridized carbons (Fsp3) is 0.778. The molecule has 1 rings (SSSR count). The van der Waals surface area contributed by atoms with E-state index in [2.05, 4.69) is 24.1 Å². The van der Waals surface area contributed by atoms with Gasteiger partial charge in [-0.1, -0.05) is 12.3 Å². The van der Waals surface area contributed by atoms with Crippen molar-refractivity contribution >= 4 is 5.91 Å². The second-order valence-electron chi connectivity index (χ2n) is 5.41. The Bertz CT molecular complexity index is 377. The molecule has 1 amide bonds. The molecule has 0 heterocycles. The first-order valence-electron chi connectivity index (χ1n) is 8.72. The molecule has 24 heavy (non-hydrogen) atoms. The summed E-state index contributed by atoms with van der Waals surface area (Å²) in [6, 6.07) is 0. The van der Waals surface area contributed by atoms with E-state index in [1.807, 2.05) is 0 Å². The Kier molecular flexibility index (Phi) is 13.4. The van der Waals surface area contributed by atoms with Crippen LogP contribution >= 0.6 is 0 Å². The van der Waals surface area contributed by atoms with Gasteiger partial charge in [-0.25, -0.2) is 0 Å². The van der Waals surface area contributed by atoms with E-state index in [1.54, 1.807) is 0 Å². The number of carbonyl (C=O) groups excluding carboxylic acids is 1. The van der Waals surface area contributed by atoms with Crippen molar-refractivity contribution in [1.29, 1.82) is 0 Å². The summed E-state index contributed by atoms with van der Waals surface area (Å²) in [6.45, 7) is 7.07. The summed E-state index contributed by atoms with van der Waals surface area (Å²) in [4.78, 5) is 11.7. The molecule has 0 aromatic carbocycles. The molecule has 0 bridgehead atoms. The fourth-order valence-electron chi connectivity index (χ4n) is 2.13. The highest BCUT2D eigenvalue weighted by atomic mass is 16.5. The molecule has 6 heteroatoms. The fourth-order valence-corrected chi connectivity index (χ4v) is 2.13. The summed E-state index contributed by atoms with van der Waals surface area (Å²) in [5.41, 5.74) is 0. The summed E-state index contributed by atoms with van der Waals surface area (Å²) in [7, 11) is 0. The topological polar surface area (TPSA) is 66.0 Å². The van der Waals surface area contributed by atoms with Crippen LogP contribution < -0.4 is 5.32 Å². The Morgan fingerprint density at radius 1 is 1.04 bits per heavy atom. The maximum absolute atomic E-state index is 11.7. The largest absolute Gasteiger partial charge is 0.379 e. The standard InChI is InChI=1S/C18H30NO5/c1-2-21-12-13-23-15-14-22-11-10-19-18(20)16-24-17-8-6-4-3-5-7-9-17/h17H,1-6,8,10-16H2,(H,19,20). The SMILES string of the molecule is [CH2]COCCOCCOCCNC(=O)COC1C#CCCCCC1. The molecule has 0 aliphatic heterocycles. The molecule has 1 aliphatic carbocycles. The highest BCUT2D eigenvalue weighted by Gasteiger charge is 2.09. The predicted octanol–water partition coefficient (Wildman–Crippen LogP) is 1.34. The number of rotatable bonds is 13. The molecule has 1 N–H and O–H groups in total. The van der Waals surface area contributed by atoms with Crippen molar-refractivity contribution in [3.63, 3.8) is 0 Å². The predicted molar refractivity (Wildman–Crippen MR) is 91.4 cm³/mol. The van der Waals surface area contributed by atoms with Gasteiger partial charge in [0.2, 0.25) is 5.91 Å². The molecule has 0 aromatic heterocycles. The average Bonchev–Trinajstić information content (AvgIpc) is 2.55. The van der Waals surface area contributed by atoms with Gasteiger partial charge >= 0.3 is 0 Å². The zero-order valence-corrected chi connectivity index (χ0v) is 14.5. The van der Waals surface area contributed by atoms with Crippen molar-refractivity contribution in [2.24, 2.45) is 0 Å². The maximum Gasteiger partial charge on any atom is 0.246 e. The van der Waals surface area contributed by atoms with Gasteiger partial charge in [-0.3, -0.25) is 4.79 Å². The van der Waals surface area contributed by atoms with Gasteiger partial charge in [0.15, 0.2) is 0 Å². The van der Waals surface area contributed by atoms with Gasteiger partial charge in [0.25, 0.3) is 0 Å². The van der Waals surface area contributed by atoms with E-state index < -0.39 is 0 Å². The van der Waals surface area contributed by atoms with E-state index in [4.69, 9.17) is 18.9 Å². The van der Waals surface area contributed by atoms with Gasteiger partial charge in [0, 0.05) is 19.6 Å². The number of nitrogens with one attached hydrogen (secondary N) is 1. The molecule has 0 saturated carbocycles. The summed E-state index contributed by atoms with van der Waals surface area (Å²) in [5, 5.41) is 2.76.